The third-order valence-corrected chi connectivity index (χ3v) is 6.33. The molecule has 1 saturated heterocycles. The van der Waals surface area contributed by atoms with Gasteiger partial charge in [0.05, 0.1) is 11.9 Å². The number of nitrogens with zero attached hydrogens (tertiary/aromatic N) is 2. The summed E-state index contributed by atoms with van der Waals surface area (Å²) in [7, 11) is -3.58. The normalized spacial score (nSPS) is 14.5. The summed E-state index contributed by atoms with van der Waals surface area (Å²) < 4.78 is 25.6. The van der Waals surface area contributed by atoms with Crippen molar-refractivity contribution in [3.05, 3.63) is 54.1 Å². The topological polar surface area (TPSA) is 69.7 Å². The fourth-order valence-electron chi connectivity index (χ4n) is 3.54. The Labute approximate surface area is 173 Å². The SMILES string of the molecule is CCc1ccc(N(CC(=O)Nc2ccc(N3CCCCC3)cc2)S(C)(=O)=O)cc1. The molecule has 1 amide bonds. The zero-order chi connectivity index (χ0) is 20.9. The van der Waals surface area contributed by atoms with Crippen molar-refractivity contribution in [2.45, 2.75) is 32.6 Å². The van der Waals surface area contributed by atoms with E-state index in [4.69, 9.17) is 0 Å². The Hall–Kier alpha value is -2.54. The molecule has 6 nitrogen and oxygen atoms in total. The van der Waals surface area contributed by atoms with Crippen LogP contribution in [0.3, 0.4) is 0 Å². The molecule has 0 unspecified atom stereocenters. The van der Waals surface area contributed by atoms with Crippen LogP contribution in [0.15, 0.2) is 48.5 Å². The van der Waals surface area contributed by atoms with Gasteiger partial charge in [0.25, 0.3) is 0 Å². The number of aryl methyl sites for hydroxylation is 1. The first-order valence-corrected chi connectivity index (χ1v) is 11.9. The molecule has 0 atom stereocenters. The second-order valence-corrected chi connectivity index (χ2v) is 9.34. The van der Waals surface area contributed by atoms with Crippen LogP contribution in [0.2, 0.25) is 0 Å². The number of piperidine rings is 1. The van der Waals surface area contributed by atoms with Crippen molar-refractivity contribution < 1.29 is 13.2 Å². The van der Waals surface area contributed by atoms with Gasteiger partial charge in [-0.25, -0.2) is 8.42 Å². The molecule has 0 aliphatic carbocycles. The van der Waals surface area contributed by atoms with Gasteiger partial charge in [0, 0.05) is 24.5 Å². The molecule has 2 aromatic carbocycles. The molecule has 1 aliphatic heterocycles. The highest BCUT2D eigenvalue weighted by atomic mass is 32.2. The predicted molar refractivity (Wildman–Crippen MR) is 119 cm³/mol. The molecule has 1 aliphatic rings. The molecule has 2 aromatic rings. The van der Waals surface area contributed by atoms with Gasteiger partial charge in [0.1, 0.15) is 6.54 Å². The lowest BCUT2D eigenvalue weighted by Crippen LogP contribution is -2.37. The van der Waals surface area contributed by atoms with Gasteiger partial charge in [-0.1, -0.05) is 19.1 Å². The van der Waals surface area contributed by atoms with E-state index in [-0.39, 0.29) is 12.5 Å². The van der Waals surface area contributed by atoms with Crippen molar-refractivity contribution in [3.63, 3.8) is 0 Å². The molecule has 0 spiro atoms. The van der Waals surface area contributed by atoms with Crippen molar-refractivity contribution in [3.8, 4) is 0 Å². The smallest absolute Gasteiger partial charge is 0.245 e. The molecular weight excluding hydrogens is 386 g/mol. The summed E-state index contributed by atoms with van der Waals surface area (Å²) in [6.07, 6.45) is 5.68. The van der Waals surface area contributed by atoms with Crippen molar-refractivity contribution in [1.82, 2.24) is 0 Å². The van der Waals surface area contributed by atoms with Crippen LogP contribution in [0.4, 0.5) is 17.1 Å². The van der Waals surface area contributed by atoms with E-state index in [1.807, 2.05) is 43.3 Å². The fraction of sp³-hybridized carbons (Fsp3) is 0.409. The van der Waals surface area contributed by atoms with E-state index < -0.39 is 10.0 Å². The maximum absolute atomic E-state index is 12.5. The molecule has 0 radical (unpaired) electrons. The summed E-state index contributed by atoms with van der Waals surface area (Å²) in [6.45, 7) is 3.89. The molecule has 156 valence electrons. The van der Waals surface area contributed by atoms with Crippen LogP contribution in [0.5, 0.6) is 0 Å². The largest absolute Gasteiger partial charge is 0.372 e. The minimum Gasteiger partial charge on any atom is -0.372 e. The predicted octanol–water partition coefficient (Wildman–Crippen LogP) is 3.64. The number of sulfonamides is 1. The van der Waals surface area contributed by atoms with Gasteiger partial charge in [-0.15, -0.1) is 0 Å². The number of carbonyl (C=O) groups is 1. The molecule has 0 bridgehead atoms. The number of carbonyl (C=O) groups excluding carboxylic acids is 1. The quantitative estimate of drug-likeness (QED) is 0.750. The van der Waals surface area contributed by atoms with Crippen LogP contribution in [-0.2, 0) is 21.2 Å². The molecule has 7 heteroatoms. The van der Waals surface area contributed by atoms with Crippen molar-refractivity contribution in [2.75, 3.05) is 40.4 Å². The summed E-state index contributed by atoms with van der Waals surface area (Å²) in [5.41, 5.74) is 3.41. The average Bonchev–Trinajstić information content (AvgIpc) is 2.72. The van der Waals surface area contributed by atoms with Crippen LogP contribution in [-0.4, -0.2) is 40.2 Å². The van der Waals surface area contributed by atoms with E-state index in [1.165, 1.54) is 19.3 Å². The van der Waals surface area contributed by atoms with Crippen molar-refractivity contribution in [2.24, 2.45) is 0 Å². The van der Waals surface area contributed by atoms with Crippen molar-refractivity contribution in [1.29, 1.82) is 0 Å². The summed E-state index contributed by atoms with van der Waals surface area (Å²) in [6, 6.07) is 15.0. The molecule has 0 saturated carbocycles. The van der Waals surface area contributed by atoms with Gasteiger partial charge in [0.2, 0.25) is 15.9 Å². The zero-order valence-corrected chi connectivity index (χ0v) is 17.9. The van der Waals surface area contributed by atoms with Gasteiger partial charge in [-0.3, -0.25) is 9.10 Å². The molecule has 3 rings (SSSR count). The van der Waals surface area contributed by atoms with E-state index in [9.17, 15) is 13.2 Å². The summed E-state index contributed by atoms with van der Waals surface area (Å²) in [4.78, 5) is 14.9. The van der Waals surface area contributed by atoms with E-state index in [2.05, 4.69) is 10.2 Å². The number of anilines is 3. The highest BCUT2D eigenvalue weighted by molar-refractivity contribution is 7.92. The second-order valence-electron chi connectivity index (χ2n) is 7.43. The minimum atomic E-state index is -3.58. The number of amides is 1. The fourth-order valence-corrected chi connectivity index (χ4v) is 4.39. The van der Waals surface area contributed by atoms with E-state index in [1.54, 1.807) is 12.1 Å². The molecule has 1 fully saturated rings. The van der Waals surface area contributed by atoms with Crippen LogP contribution >= 0.6 is 0 Å². The molecule has 29 heavy (non-hydrogen) atoms. The first kappa shape index (κ1) is 21.2. The Morgan fingerprint density at radius 2 is 1.62 bits per heavy atom. The van der Waals surface area contributed by atoms with Gasteiger partial charge in [0.15, 0.2) is 0 Å². The number of hydrogen-bond donors (Lipinski definition) is 1. The Morgan fingerprint density at radius 1 is 1.00 bits per heavy atom. The Kier molecular flexibility index (Phi) is 6.79. The van der Waals surface area contributed by atoms with Gasteiger partial charge in [-0.05, 0) is 67.6 Å². The number of hydrogen-bond acceptors (Lipinski definition) is 4. The summed E-state index contributed by atoms with van der Waals surface area (Å²) in [5.74, 6) is -0.374. The highest BCUT2D eigenvalue weighted by Crippen LogP contribution is 2.22. The standard InChI is InChI=1S/C22H29N3O3S/c1-3-18-7-11-21(12-8-18)25(29(2,27)28)17-22(26)23-19-9-13-20(14-10-19)24-15-5-4-6-16-24/h7-14H,3-6,15-17H2,1-2H3,(H,23,26). The first-order valence-electron chi connectivity index (χ1n) is 10.1. The first-order chi connectivity index (χ1) is 13.9. The Balaban J connectivity index is 1.66. The van der Waals surface area contributed by atoms with Crippen molar-refractivity contribution >= 4 is 33.0 Å². The second kappa shape index (κ2) is 9.31. The van der Waals surface area contributed by atoms with E-state index in [0.717, 1.165) is 41.3 Å². The van der Waals surface area contributed by atoms with Crippen LogP contribution in [0.1, 0.15) is 31.7 Å². The third-order valence-electron chi connectivity index (χ3n) is 5.19. The summed E-state index contributed by atoms with van der Waals surface area (Å²) >= 11 is 0. The lowest BCUT2D eigenvalue weighted by molar-refractivity contribution is -0.114. The van der Waals surface area contributed by atoms with Crippen LogP contribution in [0, 0.1) is 0 Å². The number of rotatable bonds is 7. The maximum atomic E-state index is 12.5. The number of benzene rings is 2. The number of nitrogens with one attached hydrogen (secondary N) is 1. The maximum Gasteiger partial charge on any atom is 0.245 e. The van der Waals surface area contributed by atoms with Crippen LogP contribution in [0.25, 0.3) is 0 Å². The Bertz CT molecular complexity index is 919. The van der Waals surface area contributed by atoms with E-state index >= 15 is 0 Å². The minimum absolute atomic E-state index is 0.266. The molecule has 1 heterocycles. The van der Waals surface area contributed by atoms with Gasteiger partial charge < -0.3 is 10.2 Å². The van der Waals surface area contributed by atoms with E-state index in [0.29, 0.717) is 11.4 Å². The zero-order valence-electron chi connectivity index (χ0n) is 17.1. The highest BCUT2D eigenvalue weighted by Gasteiger charge is 2.21. The van der Waals surface area contributed by atoms with Crippen LogP contribution < -0.4 is 14.5 Å². The lowest BCUT2D eigenvalue weighted by Gasteiger charge is -2.29. The molecular formula is C22H29N3O3S. The molecule has 1 N–H and O–H groups in total. The average molecular weight is 416 g/mol. The Morgan fingerprint density at radius 3 is 2.17 bits per heavy atom. The third kappa shape index (κ3) is 5.73. The summed E-state index contributed by atoms with van der Waals surface area (Å²) in [5, 5.41) is 2.80. The van der Waals surface area contributed by atoms with Gasteiger partial charge >= 0.3 is 0 Å². The monoisotopic (exact) mass is 415 g/mol. The molecule has 0 aromatic heterocycles. The lowest BCUT2D eigenvalue weighted by atomic mass is 10.1. The van der Waals surface area contributed by atoms with Gasteiger partial charge in [-0.2, -0.15) is 0 Å².